The highest BCUT2D eigenvalue weighted by molar-refractivity contribution is 7.17. The highest BCUT2D eigenvalue weighted by Gasteiger charge is 2.20. The Balaban J connectivity index is 2.32. The second kappa shape index (κ2) is 6.65. The fourth-order valence-electron chi connectivity index (χ4n) is 2.10. The standard InChI is InChI=1S/C15H19N3O3S/c1-8(2)21-15(20)18-14-10(13(17)19)7-12(22-14)9-5-3-4-6-11(9)16/h4,6-8H,3,5,16H2,1-2H3,(H2,17,19)(H,18,20). The average Bonchev–Trinajstić information content (AvgIpc) is 2.82. The predicted molar refractivity (Wildman–Crippen MR) is 87.6 cm³/mol. The number of carbonyl (C=O) groups excluding carboxylic acids is 2. The quantitative estimate of drug-likeness (QED) is 0.792. The van der Waals surface area contributed by atoms with Gasteiger partial charge in [-0.1, -0.05) is 6.08 Å². The zero-order valence-electron chi connectivity index (χ0n) is 12.5. The maximum absolute atomic E-state index is 11.7. The summed E-state index contributed by atoms with van der Waals surface area (Å²) in [4.78, 5) is 24.1. The van der Waals surface area contributed by atoms with Gasteiger partial charge in [0.05, 0.1) is 11.7 Å². The molecule has 0 aromatic carbocycles. The third kappa shape index (κ3) is 3.67. The zero-order chi connectivity index (χ0) is 16.3. The number of hydrogen-bond acceptors (Lipinski definition) is 5. The van der Waals surface area contributed by atoms with Gasteiger partial charge in [0, 0.05) is 10.6 Å². The molecule has 1 aromatic rings. The molecule has 1 heterocycles. The fraction of sp³-hybridized carbons (Fsp3) is 0.333. The molecule has 0 bridgehead atoms. The van der Waals surface area contributed by atoms with E-state index in [0.717, 1.165) is 23.3 Å². The highest BCUT2D eigenvalue weighted by Crippen LogP contribution is 2.36. The van der Waals surface area contributed by atoms with Crippen LogP contribution in [0.25, 0.3) is 5.57 Å². The maximum atomic E-state index is 11.7. The van der Waals surface area contributed by atoms with Crippen molar-refractivity contribution in [1.82, 2.24) is 0 Å². The second-order valence-corrected chi connectivity index (χ2v) is 6.22. The number of anilines is 1. The fourth-order valence-corrected chi connectivity index (χ4v) is 3.24. The number of nitrogens with one attached hydrogen (secondary N) is 1. The lowest BCUT2D eigenvalue weighted by Gasteiger charge is -2.11. The molecule has 118 valence electrons. The van der Waals surface area contributed by atoms with Crippen LogP contribution in [0.5, 0.6) is 0 Å². The molecule has 6 nitrogen and oxygen atoms in total. The normalized spacial score (nSPS) is 14.3. The molecule has 1 aliphatic carbocycles. The molecule has 0 aliphatic heterocycles. The summed E-state index contributed by atoms with van der Waals surface area (Å²) in [5.74, 6) is -0.604. The van der Waals surface area contributed by atoms with Crippen LogP contribution >= 0.6 is 11.3 Å². The molecule has 0 unspecified atom stereocenters. The van der Waals surface area contributed by atoms with Crippen LogP contribution in [-0.4, -0.2) is 18.1 Å². The van der Waals surface area contributed by atoms with E-state index in [0.29, 0.717) is 10.7 Å². The van der Waals surface area contributed by atoms with Gasteiger partial charge >= 0.3 is 6.09 Å². The molecular weight excluding hydrogens is 302 g/mol. The molecule has 5 N–H and O–H groups in total. The van der Waals surface area contributed by atoms with E-state index in [1.54, 1.807) is 19.9 Å². The van der Waals surface area contributed by atoms with E-state index in [2.05, 4.69) is 5.32 Å². The molecule has 7 heteroatoms. The molecule has 0 saturated carbocycles. The van der Waals surface area contributed by atoms with Gasteiger partial charge < -0.3 is 16.2 Å². The number of hydrogen-bond donors (Lipinski definition) is 3. The highest BCUT2D eigenvalue weighted by atomic mass is 32.1. The third-order valence-corrected chi connectivity index (χ3v) is 4.17. The van der Waals surface area contributed by atoms with E-state index >= 15 is 0 Å². The first kappa shape index (κ1) is 16.1. The maximum Gasteiger partial charge on any atom is 0.412 e. The lowest BCUT2D eigenvalue weighted by atomic mass is 10.0. The van der Waals surface area contributed by atoms with Crippen molar-refractivity contribution in [2.75, 3.05) is 5.32 Å². The average molecular weight is 321 g/mol. The summed E-state index contributed by atoms with van der Waals surface area (Å²) in [7, 11) is 0. The van der Waals surface area contributed by atoms with Crippen molar-refractivity contribution < 1.29 is 14.3 Å². The number of rotatable bonds is 4. The monoisotopic (exact) mass is 321 g/mol. The minimum atomic E-state index is -0.614. The lowest BCUT2D eigenvalue weighted by molar-refractivity contribution is 0.100. The van der Waals surface area contributed by atoms with Crippen LogP contribution in [0, 0.1) is 0 Å². The van der Waals surface area contributed by atoms with Gasteiger partial charge in [-0.2, -0.15) is 0 Å². The molecule has 0 radical (unpaired) electrons. The van der Waals surface area contributed by atoms with Crippen molar-refractivity contribution in [3.8, 4) is 0 Å². The summed E-state index contributed by atoms with van der Waals surface area (Å²) in [6.45, 7) is 3.49. The Morgan fingerprint density at radius 3 is 2.73 bits per heavy atom. The molecule has 22 heavy (non-hydrogen) atoms. The van der Waals surface area contributed by atoms with E-state index in [1.165, 1.54) is 11.3 Å². The second-order valence-electron chi connectivity index (χ2n) is 5.17. The van der Waals surface area contributed by atoms with Crippen molar-refractivity contribution in [2.24, 2.45) is 11.5 Å². The van der Waals surface area contributed by atoms with Crippen LogP contribution in [0.4, 0.5) is 9.80 Å². The molecule has 1 aromatic heterocycles. The van der Waals surface area contributed by atoms with Crippen molar-refractivity contribution in [3.63, 3.8) is 0 Å². The smallest absolute Gasteiger partial charge is 0.412 e. The van der Waals surface area contributed by atoms with Crippen molar-refractivity contribution in [2.45, 2.75) is 32.8 Å². The molecule has 0 saturated heterocycles. The minimum Gasteiger partial charge on any atom is -0.447 e. The Hall–Kier alpha value is -2.28. The van der Waals surface area contributed by atoms with Gasteiger partial charge in [-0.3, -0.25) is 10.1 Å². The molecule has 1 aliphatic rings. The summed E-state index contributed by atoms with van der Waals surface area (Å²) in [5, 5.41) is 2.95. The lowest BCUT2D eigenvalue weighted by Crippen LogP contribution is -2.20. The summed E-state index contributed by atoms with van der Waals surface area (Å²) >= 11 is 1.27. The minimum absolute atomic E-state index is 0.252. The third-order valence-electron chi connectivity index (χ3n) is 3.06. The summed E-state index contributed by atoms with van der Waals surface area (Å²) in [6.07, 6.45) is 4.66. The number of thiophene rings is 1. The molecule has 0 fully saturated rings. The first-order chi connectivity index (χ1) is 10.4. The van der Waals surface area contributed by atoms with E-state index < -0.39 is 12.0 Å². The van der Waals surface area contributed by atoms with Gasteiger partial charge in [0.25, 0.3) is 5.91 Å². The van der Waals surface area contributed by atoms with Crippen LogP contribution in [0.1, 0.15) is 41.9 Å². The molecule has 0 spiro atoms. The van der Waals surface area contributed by atoms with Gasteiger partial charge in [0.15, 0.2) is 0 Å². The first-order valence-corrected chi connectivity index (χ1v) is 7.77. The Labute approximate surface area is 132 Å². The summed E-state index contributed by atoms with van der Waals surface area (Å²) in [5.41, 5.74) is 13.3. The Morgan fingerprint density at radius 2 is 2.14 bits per heavy atom. The van der Waals surface area contributed by atoms with Gasteiger partial charge in [0.1, 0.15) is 5.00 Å². The number of amides is 2. The molecule has 0 atom stereocenters. The van der Waals surface area contributed by atoms with Gasteiger partial charge in [-0.25, -0.2) is 4.79 Å². The van der Waals surface area contributed by atoms with Crippen LogP contribution in [0.15, 0.2) is 23.9 Å². The van der Waals surface area contributed by atoms with Gasteiger partial charge in [-0.05, 0) is 44.4 Å². The topological polar surface area (TPSA) is 107 Å². The van der Waals surface area contributed by atoms with Crippen molar-refractivity contribution in [1.29, 1.82) is 0 Å². The molecule has 2 rings (SSSR count). The molecule has 2 amide bonds. The van der Waals surface area contributed by atoms with E-state index in [4.69, 9.17) is 16.2 Å². The van der Waals surface area contributed by atoms with Gasteiger partial charge in [0.2, 0.25) is 0 Å². The zero-order valence-corrected chi connectivity index (χ0v) is 13.3. The predicted octanol–water partition coefficient (Wildman–Crippen LogP) is 2.82. The van der Waals surface area contributed by atoms with Crippen LogP contribution in [0.2, 0.25) is 0 Å². The van der Waals surface area contributed by atoms with E-state index in [9.17, 15) is 9.59 Å². The molecular formula is C15H19N3O3S. The van der Waals surface area contributed by atoms with E-state index in [-0.39, 0.29) is 11.7 Å². The van der Waals surface area contributed by atoms with Crippen LogP contribution in [-0.2, 0) is 4.74 Å². The summed E-state index contributed by atoms with van der Waals surface area (Å²) < 4.78 is 5.02. The number of allylic oxidation sites excluding steroid dienone is 3. The van der Waals surface area contributed by atoms with Crippen LogP contribution < -0.4 is 16.8 Å². The van der Waals surface area contributed by atoms with Gasteiger partial charge in [-0.15, -0.1) is 11.3 Å². The van der Waals surface area contributed by atoms with Crippen molar-refractivity contribution >= 4 is 33.9 Å². The van der Waals surface area contributed by atoms with E-state index in [1.807, 2.05) is 12.2 Å². The number of carbonyl (C=O) groups is 2. The Morgan fingerprint density at radius 1 is 1.41 bits per heavy atom. The van der Waals surface area contributed by atoms with Crippen LogP contribution in [0.3, 0.4) is 0 Å². The first-order valence-electron chi connectivity index (χ1n) is 6.95. The van der Waals surface area contributed by atoms with Crippen molar-refractivity contribution in [3.05, 3.63) is 34.4 Å². The number of primary amides is 1. The Bertz CT molecular complexity index is 659. The number of nitrogens with two attached hydrogens (primary N) is 2. The largest absolute Gasteiger partial charge is 0.447 e. The number of ether oxygens (including phenoxy) is 1. The summed E-state index contributed by atoms with van der Waals surface area (Å²) in [6, 6.07) is 1.67. The Kier molecular flexibility index (Phi) is 4.87. The SMILES string of the molecule is CC(C)OC(=O)Nc1sc(C2=C(N)C=CCC2)cc1C(N)=O.